The molecule has 2 amide bonds. The zero-order chi connectivity index (χ0) is 22.6. The number of nitrogens with zero attached hydrogens (tertiary/aromatic N) is 4. The van der Waals surface area contributed by atoms with Crippen molar-refractivity contribution in [1.29, 1.82) is 0 Å². The molecule has 3 rings (SSSR count). The van der Waals surface area contributed by atoms with E-state index in [-0.39, 0.29) is 39.8 Å². The summed E-state index contributed by atoms with van der Waals surface area (Å²) in [6.45, 7) is 4.80. The van der Waals surface area contributed by atoms with Crippen LogP contribution in [0.4, 0.5) is 5.13 Å². The molecule has 2 heterocycles. The number of benzene rings is 1. The molecule has 1 fully saturated rings. The lowest BCUT2D eigenvalue weighted by atomic mass is 9.96. The van der Waals surface area contributed by atoms with Crippen molar-refractivity contribution in [3.63, 3.8) is 0 Å². The first kappa shape index (κ1) is 23.6. The fourth-order valence-corrected chi connectivity index (χ4v) is 5.94. The van der Waals surface area contributed by atoms with Crippen molar-refractivity contribution in [2.75, 3.05) is 31.5 Å². The van der Waals surface area contributed by atoms with Gasteiger partial charge in [0.25, 0.3) is 5.91 Å². The minimum atomic E-state index is -3.82. The Morgan fingerprint density at radius 2 is 2.06 bits per heavy atom. The normalized spacial score (nSPS) is 17.0. The van der Waals surface area contributed by atoms with E-state index >= 15 is 0 Å². The minimum absolute atomic E-state index is 0.0661. The molecule has 2 aromatic rings. The Morgan fingerprint density at radius 1 is 1.32 bits per heavy atom. The fourth-order valence-electron chi connectivity index (χ4n) is 3.53. The Labute approximate surface area is 190 Å². The third kappa shape index (κ3) is 5.22. The summed E-state index contributed by atoms with van der Waals surface area (Å²) in [5.41, 5.74) is 1.75. The van der Waals surface area contributed by atoms with Crippen molar-refractivity contribution >= 4 is 49.9 Å². The van der Waals surface area contributed by atoms with Crippen molar-refractivity contribution in [3.05, 3.63) is 34.3 Å². The molecule has 1 aliphatic rings. The second-order valence-corrected chi connectivity index (χ2v) is 10.2. The van der Waals surface area contributed by atoms with Gasteiger partial charge in [0.05, 0.1) is 10.9 Å². The zero-order valence-electron chi connectivity index (χ0n) is 17.2. The molecule has 0 unspecified atom stereocenters. The van der Waals surface area contributed by atoms with Gasteiger partial charge in [-0.05, 0) is 31.0 Å². The summed E-state index contributed by atoms with van der Waals surface area (Å²) < 4.78 is 27.1. The Balaban J connectivity index is 1.78. The van der Waals surface area contributed by atoms with Crippen molar-refractivity contribution in [3.8, 4) is 0 Å². The largest absolute Gasteiger partial charge is 0.338 e. The lowest BCUT2D eigenvalue weighted by Crippen LogP contribution is -2.43. The van der Waals surface area contributed by atoms with E-state index in [1.165, 1.54) is 39.4 Å². The SMILES string of the molecule is CCN(CC)S(=O)(=O)c1cc(C(=O)N2CCC[C@@H](C(=O)Nc3nncs3)C2)ccc1Cl. The van der Waals surface area contributed by atoms with Crippen LogP contribution in [0.3, 0.4) is 0 Å². The second-order valence-electron chi connectivity index (χ2n) is 7.06. The number of aromatic nitrogens is 2. The number of hydrogen-bond acceptors (Lipinski definition) is 7. The van der Waals surface area contributed by atoms with Crippen LogP contribution in [0.15, 0.2) is 28.6 Å². The van der Waals surface area contributed by atoms with E-state index in [0.29, 0.717) is 37.6 Å². The number of carbonyl (C=O) groups excluding carboxylic acids is 2. The molecule has 1 atom stereocenters. The van der Waals surface area contributed by atoms with E-state index in [0.717, 1.165) is 0 Å². The van der Waals surface area contributed by atoms with Gasteiger partial charge in [-0.3, -0.25) is 9.59 Å². The number of likely N-dealkylation sites (tertiary alicyclic amines) is 1. The van der Waals surface area contributed by atoms with Crippen LogP contribution in [0.1, 0.15) is 37.0 Å². The molecule has 1 N–H and O–H groups in total. The van der Waals surface area contributed by atoms with Crippen molar-refractivity contribution in [2.24, 2.45) is 5.92 Å². The highest BCUT2D eigenvalue weighted by Crippen LogP contribution is 2.27. The van der Waals surface area contributed by atoms with Gasteiger partial charge in [0, 0.05) is 31.7 Å². The Morgan fingerprint density at radius 3 is 2.71 bits per heavy atom. The third-order valence-electron chi connectivity index (χ3n) is 5.17. The highest BCUT2D eigenvalue weighted by atomic mass is 35.5. The minimum Gasteiger partial charge on any atom is -0.338 e. The van der Waals surface area contributed by atoms with Gasteiger partial charge in [-0.25, -0.2) is 8.42 Å². The molecule has 1 aliphatic heterocycles. The second kappa shape index (κ2) is 10.0. The molecule has 0 aliphatic carbocycles. The first-order chi connectivity index (χ1) is 14.8. The number of amides is 2. The average Bonchev–Trinajstić information content (AvgIpc) is 3.27. The summed E-state index contributed by atoms with van der Waals surface area (Å²) in [5, 5.41) is 10.7. The van der Waals surface area contributed by atoms with Gasteiger partial charge in [-0.15, -0.1) is 10.2 Å². The predicted octanol–water partition coefficient (Wildman–Crippen LogP) is 2.71. The number of anilines is 1. The van der Waals surface area contributed by atoms with E-state index in [9.17, 15) is 18.0 Å². The molecule has 9 nitrogen and oxygen atoms in total. The topological polar surface area (TPSA) is 113 Å². The maximum Gasteiger partial charge on any atom is 0.253 e. The standard InChI is InChI=1S/C19H24ClN5O4S2/c1-3-25(4-2)31(28,29)16-10-13(7-8-15(16)20)18(27)24-9-5-6-14(11-24)17(26)22-19-23-21-12-30-19/h7-8,10,12,14H,3-6,9,11H2,1-2H3,(H,22,23,26)/t14-/m1/s1. The van der Waals surface area contributed by atoms with E-state index in [2.05, 4.69) is 15.5 Å². The van der Waals surface area contributed by atoms with Crippen molar-refractivity contribution in [1.82, 2.24) is 19.4 Å². The quantitative estimate of drug-likeness (QED) is 0.645. The lowest BCUT2D eigenvalue weighted by molar-refractivity contribution is -0.121. The fraction of sp³-hybridized carbons (Fsp3) is 0.474. The van der Waals surface area contributed by atoms with Gasteiger partial charge >= 0.3 is 0 Å². The lowest BCUT2D eigenvalue weighted by Gasteiger charge is -2.32. The molecule has 168 valence electrons. The third-order valence-corrected chi connectivity index (χ3v) is 8.31. The monoisotopic (exact) mass is 485 g/mol. The van der Waals surface area contributed by atoms with Crippen molar-refractivity contribution in [2.45, 2.75) is 31.6 Å². The predicted molar refractivity (Wildman–Crippen MR) is 119 cm³/mol. The smallest absolute Gasteiger partial charge is 0.253 e. The summed E-state index contributed by atoms with van der Waals surface area (Å²) in [7, 11) is -3.82. The number of halogens is 1. The van der Waals surface area contributed by atoms with Crippen LogP contribution < -0.4 is 5.32 Å². The van der Waals surface area contributed by atoms with Gasteiger partial charge < -0.3 is 10.2 Å². The molecule has 0 radical (unpaired) electrons. The summed E-state index contributed by atoms with van der Waals surface area (Å²) in [4.78, 5) is 27.1. The summed E-state index contributed by atoms with van der Waals surface area (Å²) >= 11 is 7.39. The first-order valence-electron chi connectivity index (χ1n) is 9.93. The van der Waals surface area contributed by atoms with Crippen molar-refractivity contribution < 1.29 is 18.0 Å². The molecule has 31 heavy (non-hydrogen) atoms. The zero-order valence-corrected chi connectivity index (χ0v) is 19.6. The Hall–Kier alpha value is -2.08. The first-order valence-corrected chi connectivity index (χ1v) is 12.6. The number of piperidine rings is 1. The maximum atomic E-state index is 13.1. The summed E-state index contributed by atoms with van der Waals surface area (Å²) in [6, 6.07) is 4.26. The van der Waals surface area contributed by atoms with E-state index < -0.39 is 10.0 Å². The van der Waals surface area contributed by atoms with Gasteiger partial charge in [0.2, 0.25) is 21.1 Å². The molecule has 1 aromatic heterocycles. The average molecular weight is 486 g/mol. The maximum absolute atomic E-state index is 13.1. The van der Waals surface area contributed by atoms with Gasteiger partial charge in [-0.2, -0.15) is 4.31 Å². The molecule has 1 aromatic carbocycles. The summed E-state index contributed by atoms with van der Waals surface area (Å²) in [6.07, 6.45) is 1.31. The molecule has 0 saturated carbocycles. The number of carbonyl (C=O) groups is 2. The van der Waals surface area contributed by atoms with Crippen LogP contribution in [0.5, 0.6) is 0 Å². The number of nitrogens with one attached hydrogen (secondary N) is 1. The van der Waals surface area contributed by atoms with Gasteiger partial charge in [-0.1, -0.05) is 36.8 Å². The molecular formula is C19H24ClN5O4S2. The molecular weight excluding hydrogens is 462 g/mol. The van der Waals surface area contributed by atoms with Crippen LogP contribution in [0, 0.1) is 5.92 Å². The summed E-state index contributed by atoms with van der Waals surface area (Å²) in [5.74, 6) is -0.927. The Bertz CT molecular complexity index is 1040. The van der Waals surface area contributed by atoms with E-state index in [1.807, 2.05) is 0 Å². The highest BCUT2D eigenvalue weighted by molar-refractivity contribution is 7.89. The molecule has 0 spiro atoms. The van der Waals surface area contributed by atoms with E-state index in [4.69, 9.17) is 11.6 Å². The number of rotatable bonds is 7. The highest BCUT2D eigenvalue weighted by Gasteiger charge is 2.31. The number of hydrogen-bond donors (Lipinski definition) is 1. The molecule has 0 bridgehead atoms. The van der Waals surface area contributed by atoms with Crippen LogP contribution in [0.25, 0.3) is 0 Å². The van der Waals surface area contributed by atoms with Gasteiger partial charge in [0.1, 0.15) is 10.4 Å². The molecule has 12 heteroatoms. The van der Waals surface area contributed by atoms with E-state index in [1.54, 1.807) is 18.7 Å². The van der Waals surface area contributed by atoms with Gasteiger partial charge in [0.15, 0.2) is 0 Å². The molecule has 1 saturated heterocycles. The van der Waals surface area contributed by atoms with Crippen LogP contribution in [0.2, 0.25) is 5.02 Å². The van der Waals surface area contributed by atoms with Crippen LogP contribution in [-0.4, -0.2) is 65.8 Å². The number of sulfonamides is 1. The van der Waals surface area contributed by atoms with Crippen LogP contribution >= 0.6 is 22.9 Å². The Kier molecular flexibility index (Phi) is 7.63. The van der Waals surface area contributed by atoms with Crippen LogP contribution in [-0.2, 0) is 14.8 Å².